The summed E-state index contributed by atoms with van der Waals surface area (Å²) in [5, 5.41) is 7.18. The van der Waals surface area contributed by atoms with Crippen molar-refractivity contribution in [2.45, 2.75) is 18.9 Å². The second kappa shape index (κ2) is 11.4. The monoisotopic (exact) mass is 587 g/mol. The van der Waals surface area contributed by atoms with Gasteiger partial charge in [-0.15, -0.1) is 0 Å². The van der Waals surface area contributed by atoms with Crippen molar-refractivity contribution in [1.29, 1.82) is 0 Å². The zero-order chi connectivity index (χ0) is 30.1. The molecule has 2 amide bonds. The number of carbonyl (C=O) groups excluding carboxylic acids is 2. The van der Waals surface area contributed by atoms with Gasteiger partial charge in [-0.1, -0.05) is 0 Å². The maximum Gasteiger partial charge on any atom is 0.246 e. The third-order valence-electron chi connectivity index (χ3n) is 6.68. The van der Waals surface area contributed by atoms with E-state index >= 15 is 4.39 Å². The van der Waals surface area contributed by atoms with Gasteiger partial charge in [0.15, 0.2) is 17.3 Å². The van der Waals surface area contributed by atoms with E-state index in [1.54, 1.807) is 4.90 Å². The topological polar surface area (TPSA) is 128 Å². The number of aromatic nitrogens is 4. The van der Waals surface area contributed by atoms with Gasteiger partial charge in [-0.3, -0.25) is 9.59 Å². The second-order valence-corrected chi connectivity index (χ2v) is 9.32. The second-order valence-electron chi connectivity index (χ2n) is 9.32. The number of hydrogen-bond donors (Lipinski definition) is 2. The van der Waals surface area contributed by atoms with Gasteiger partial charge in [0, 0.05) is 50.0 Å². The molecule has 0 saturated carbocycles. The van der Waals surface area contributed by atoms with E-state index in [9.17, 15) is 27.2 Å². The Kier molecular flexibility index (Phi) is 7.74. The van der Waals surface area contributed by atoms with Crippen LogP contribution in [0.4, 0.5) is 27.8 Å². The smallest absolute Gasteiger partial charge is 0.246 e. The molecule has 10 nitrogen and oxygen atoms in total. The summed E-state index contributed by atoms with van der Waals surface area (Å²) in [6, 6.07) is 2.72. The van der Waals surface area contributed by atoms with Gasteiger partial charge in [0.05, 0.1) is 11.4 Å². The number of likely N-dealkylation sites (tertiary alicyclic amines) is 1. The largest absolute Gasteiger partial charge is 0.451 e. The number of halogens is 5. The lowest BCUT2D eigenvalue weighted by atomic mass is 10.1. The molecule has 42 heavy (non-hydrogen) atoms. The number of carbonyl (C=O) groups is 2. The van der Waals surface area contributed by atoms with E-state index in [2.05, 4.69) is 20.4 Å². The molecule has 3 N–H and O–H groups in total. The lowest BCUT2D eigenvalue weighted by Crippen LogP contribution is -2.40. The first-order chi connectivity index (χ1) is 20.1. The Morgan fingerprint density at radius 1 is 1.05 bits per heavy atom. The fourth-order valence-corrected chi connectivity index (χ4v) is 4.64. The molecule has 5 rings (SSSR count). The van der Waals surface area contributed by atoms with Crippen molar-refractivity contribution in [2.75, 3.05) is 25.9 Å². The van der Waals surface area contributed by atoms with Crippen molar-refractivity contribution in [2.24, 2.45) is 0 Å². The van der Waals surface area contributed by atoms with Crippen molar-refractivity contribution in [3.63, 3.8) is 0 Å². The van der Waals surface area contributed by atoms with E-state index in [0.29, 0.717) is 19.4 Å². The predicted molar refractivity (Wildman–Crippen MR) is 140 cm³/mol. The predicted octanol–water partition coefficient (Wildman–Crippen LogP) is 4.03. The number of likely N-dealkylation sites (N-methyl/N-ethyl adjacent to an activating group) is 1. The van der Waals surface area contributed by atoms with Crippen LogP contribution in [0.1, 0.15) is 18.9 Å². The molecule has 0 bridgehead atoms. The number of nitrogens with zero attached hydrogens (tertiary/aromatic N) is 5. The lowest BCUT2D eigenvalue weighted by molar-refractivity contribution is -0.128. The van der Waals surface area contributed by atoms with Crippen LogP contribution in [-0.2, 0) is 9.59 Å². The average molecular weight is 588 g/mol. The van der Waals surface area contributed by atoms with Crippen molar-refractivity contribution in [3.8, 4) is 22.8 Å². The van der Waals surface area contributed by atoms with Gasteiger partial charge in [0.2, 0.25) is 29.2 Å². The van der Waals surface area contributed by atoms with Crippen molar-refractivity contribution >= 4 is 28.7 Å². The van der Waals surface area contributed by atoms with Gasteiger partial charge >= 0.3 is 0 Å². The Morgan fingerprint density at radius 3 is 2.48 bits per heavy atom. The zero-order valence-electron chi connectivity index (χ0n) is 21.9. The molecule has 0 aliphatic carbocycles. The van der Waals surface area contributed by atoms with Crippen LogP contribution in [0.15, 0.2) is 42.7 Å². The number of rotatable bonds is 6. The zero-order valence-corrected chi connectivity index (χ0v) is 21.9. The first kappa shape index (κ1) is 28.4. The summed E-state index contributed by atoms with van der Waals surface area (Å²) in [5.41, 5.74) is 6.34. The summed E-state index contributed by atoms with van der Waals surface area (Å²) < 4.78 is 77.1. The van der Waals surface area contributed by atoms with Crippen LogP contribution in [0.3, 0.4) is 0 Å². The Bertz CT molecular complexity index is 1720. The molecule has 0 spiro atoms. The Hall–Kier alpha value is -5.08. The molecule has 1 aliphatic rings. The van der Waals surface area contributed by atoms with Crippen molar-refractivity contribution in [3.05, 3.63) is 71.8 Å². The highest BCUT2D eigenvalue weighted by Gasteiger charge is 2.29. The summed E-state index contributed by atoms with van der Waals surface area (Å²) in [4.78, 5) is 34.0. The fraction of sp³-hybridized carbons (Fsp3) is 0.222. The van der Waals surface area contributed by atoms with Gasteiger partial charge in [0.25, 0.3) is 0 Å². The lowest BCUT2D eigenvalue weighted by Gasteiger charge is -2.32. The third kappa shape index (κ3) is 5.32. The van der Waals surface area contributed by atoms with Crippen LogP contribution < -0.4 is 15.8 Å². The quantitative estimate of drug-likeness (QED) is 0.198. The molecule has 1 unspecified atom stereocenters. The molecule has 218 valence electrons. The summed E-state index contributed by atoms with van der Waals surface area (Å²) >= 11 is 0. The molecule has 15 heteroatoms. The molecular formula is C27H22F5N7O3. The third-order valence-corrected chi connectivity index (χ3v) is 6.68. The summed E-state index contributed by atoms with van der Waals surface area (Å²) in [7, 11) is 1.44. The fourth-order valence-electron chi connectivity index (χ4n) is 4.64. The number of nitrogens with two attached hydrogens (primary N) is 1. The molecular weight excluding hydrogens is 565 g/mol. The van der Waals surface area contributed by atoms with Crippen LogP contribution >= 0.6 is 0 Å². The minimum Gasteiger partial charge on any atom is -0.451 e. The van der Waals surface area contributed by atoms with Crippen molar-refractivity contribution in [1.82, 2.24) is 30.0 Å². The van der Waals surface area contributed by atoms with Crippen LogP contribution in [0, 0.1) is 29.1 Å². The highest BCUT2D eigenvalue weighted by molar-refractivity contribution is 5.99. The van der Waals surface area contributed by atoms with Crippen LogP contribution in [0.25, 0.3) is 22.3 Å². The first-order valence-electron chi connectivity index (χ1n) is 12.6. The number of benzene rings is 2. The summed E-state index contributed by atoms with van der Waals surface area (Å²) in [6.45, 7) is 0.663. The number of nitrogen functional groups attached to an aromatic ring is 1. The molecule has 1 fully saturated rings. The van der Waals surface area contributed by atoms with Gasteiger partial charge < -0.3 is 20.7 Å². The number of ether oxygens (including phenoxy) is 1. The van der Waals surface area contributed by atoms with E-state index in [1.807, 2.05) is 0 Å². The molecule has 0 radical (unpaired) electrons. The molecule has 1 saturated heterocycles. The van der Waals surface area contributed by atoms with Crippen molar-refractivity contribution < 1.29 is 36.3 Å². The molecule has 1 atom stereocenters. The Morgan fingerprint density at radius 2 is 1.79 bits per heavy atom. The molecule has 2 aromatic heterocycles. The van der Waals surface area contributed by atoms with Crippen LogP contribution in [-0.4, -0.2) is 56.6 Å². The maximum absolute atomic E-state index is 15.4. The maximum atomic E-state index is 15.4. The number of piperidine rings is 1. The molecule has 1 aliphatic heterocycles. The van der Waals surface area contributed by atoms with Gasteiger partial charge in [-0.2, -0.15) is 13.9 Å². The van der Waals surface area contributed by atoms with E-state index in [1.165, 1.54) is 30.2 Å². The normalized spacial score (nSPS) is 15.4. The number of amides is 2. The molecule has 3 heterocycles. The minimum atomic E-state index is -1.78. The van der Waals surface area contributed by atoms with Crippen LogP contribution in [0.2, 0.25) is 0 Å². The number of hydrogen-bond acceptors (Lipinski definition) is 7. The number of fused-ring (bicyclic) bond motifs is 1. The Labute approximate surface area is 234 Å². The average Bonchev–Trinajstić information content (AvgIpc) is 3.37. The minimum absolute atomic E-state index is 0.00221. The SMILES string of the molecule is CNC(=O)C=CC(=O)N1CCCC(n2nc(-c3ccc(Oc4c(F)c(F)cc(F)c4F)cc3F)c3c(N)ncnc32)C1. The molecule has 2 aromatic carbocycles. The Balaban J connectivity index is 1.49. The summed E-state index contributed by atoms with van der Waals surface area (Å²) in [5.74, 6) is -10.5. The molecule has 4 aromatic rings. The van der Waals surface area contributed by atoms with Gasteiger partial charge in [-0.05, 0) is 25.0 Å². The van der Waals surface area contributed by atoms with E-state index in [0.717, 1.165) is 18.2 Å². The van der Waals surface area contributed by atoms with E-state index < -0.39 is 46.5 Å². The highest BCUT2D eigenvalue weighted by atomic mass is 19.2. The number of nitrogens with one attached hydrogen (secondary N) is 1. The van der Waals surface area contributed by atoms with Gasteiger partial charge in [-0.25, -0.2) is 27.8 Å². The standard InChI is InChI=1S/C27H22F5N7O3/c1-34-19(40)6-7-20(41)38-8-2-3-13(11-38)39-27-21(26(33)35-12-36-27)24(37-39)15-5-4-14(9-16(15)28)42-25-22(31)17(29)10-18(30)23(25)32/h4-7,9-10,12-13H,2-3,8,11H2,1H3,(H,34,40)(H2,33,35,36). The number of anilines is 1. The van der Waals surface area contributed by atoms with E-state index in [-0.39, 0.29) is 52.7 Å². The first-order valence-corrected chi connectivity index (χ1v) is 12.6. The van der Waals surface area contributed by atoms with Gasteiger partial charge in [0.1, 0.15) is 29.4 Å². The highest BCUT2D eigenvalue weighted by Crippen LogP contribution is 2.37. The van der Waals surface area contributed by atoms with E-state index in [4.69, 9.17) is 10.5 Å². The van der Waals surface area contributed by atoms with Crippen LogP contribution in [0.5, 0.6) is 11.5 Å². The summed E-state index contributed by atoms with van der Waals surface area (Å²) in [6.07, 6.45) is 4.72.